The maximum absolute atomic E-state index is 8.66. The molecule has 0 amide bonds. The first kappa shape index (κ1) is 16.1. The molecule has 1 aromatic rings. The lowest BCUT2D eigenvalue weighted by atomic mass is 10.0. The van der Waals surface area contributed by atoms with Gasteiger partial charge in [-0.3, -0.25) is 0 Å². The topological polar surface area (TPSA) is 54.0 Å². The Kier molecular flexibility index (Phi) is 6.79. The Labute approximate surface area is 126 Å². The summed E-state index contributed by atoms with van der Waals surface area (Å²) in [7, 11) is 1.70. The summed E-state index contributed by atoms with van der Waals surface area (Å²) in [5, 5.41) is 12.2. The molecule has 0 saturated carbocycles. The fourth-order valence-electron chi connectivity index (χ4n) is 2.64. The van der Waals surface area contributed by atoms with Gasteiger partial charge in [-0.05, 0) is 25.0 Å². The van der Waals surface area contributed by atoms with E-state index in [2.05, 4.69) is 16.3 Å². The van der Waals surface area contributed by atoms with Crippen LogP contribution in [0, 0.1) is 0 Å². The number of para-hydroxylation sites is 2. The van der Waals surface area contributed by atoms with Gasteiger partial charge in [-0.25, -0.2) is 0 Å². The number of ether oxygens (including phenoxy) is 2. The molecule has 1 heterocycles. The van der Waals surface area contributed by atoms with Gasteiger partial charge >= 0.3 is 0 Å². The number of methoxy groups -OCH3 is 1. The van der Waals surface area contributed by atoms with Crippen LogP contribution in [0.1, 0.15) is 12.8 Å². The second-order valence-corrected chi connectivity index (χ2v) is 5.30. The zero-order chi connectivity index (χ0) is 14.9. The molecule has 0 aliphatic carbocycles. The predicted molar refractivity (Wildman–Crippen MR) is 84.0 cm³/mol. The Morgan fingerprint density at radius 2 is 2.00 bits per heavy atom. The molecular weight excluding hydrogens is 268 g/mol. The fraction of sp³-hybridized carbons (Fsp3) is 0.625. The standard InChI is InChI=1S/C16H26N2O3/c1-20-16-5-3-2-4-15(16)17-14-6-8-18(9-7-14)10-12-21-13-11-19/h2-5,14,17,19H,6-13H2,1H3. The second kappa shape index (κ2) is 8.87. The van der Waals surface area contributed by atoms with Crippen LogP contribution in [-0.2, 0) is 4.74 Å². The van der Waals surface area contributed by atoms with E-state index in [0.29, 0.717) is 19.3 Å². The third-order valence-electron chi connectivity index (χ3n) is 3.84. The number of anilines is 1. The van der Waals surface area contributed by atoms with Crippen molar-refractivity contribution in [2.75, 3.05) is 51.9 Å². The monoisotopic (exact) mass is 294 g/mol. The molecule has 21 heavy (non-hydrogen) atoms. The van der Waals surface area contributed by atoms with Crippen molar-refractivity contribution >= 4 is 5.69 Å². The van der Waals surface area contributed by atoms with Crippen molar-refractivity contribution < 1.29 is 14.6 Å². The predicted octanol–water partition coefficient (Wildman–Crippen LogP) is 1.58. The molecule has 5 heteroatoms. The van der Waals surface area contributed by atoms with Gasteiger partial charge in [0.1, 0.15) is 5.75 Å². The van der Waals surface area contributed by atoms with E-state index in [1.165, 1.54) is 0 Å². The number of aliphatic hydroxyl groups is 1. The number of aliphatic hydroxyl groups excluding tert-OH is 1. The van der Waals surface area contributed by atoms with Crippen molar-refractivity contribution in [2.24, 2.45) is 0 Å². The number of nitrogens with one attached hydrogen (secondary N) is 1. The molecule has 5 nitrogen and oxygen atoms in total. The van der Waals surface area contributed by atoms with Crippen LogP contribution in [0.3, 0.4) is 0 Å². The lowest BCUT2D eigenvalue weighted by molar-refractivity contribution is 0.0687. The Bertz CT molecular complexity index is 406. The van der Waals surface area contributed by atoms with E-state index in [1.807, 2.05) is 18.2 Å². The highest BCUT2D eigenvalue weighted by atomic mass is 16.5. The number of likely N-dealkylation sites (tertiary alicyclic amines) is 1. The Morgan fingerprint density at radius 1 is 1.24 bits per heavy atom. The molecule has 0 aromatic heterocycles. The molecule has 1 aliphatic rings. The van der Waals surface area contributed by atoms with Crippen molar-refractivity contribution in [1.82, 2.24) is 4.90 Å². The van der Waals surface area contributed by atoms with Gasteiger partial charge in [0.15, 0.2) is 0 Å². The SMILES string of the molecule is COc1ccccc1NC1CCN(CCOCCO)CC1. The average Bonchev–Trinajstić information content (AvgIpc) is 2.54. The minimum atomic E-state index is 0.102. The highest BCUT2D eigenvalue weighted by Crippen LogP contribution is 2.25. The molecule has 1 fully saturated rings. The molecule has 0 unspecified atom stereocenters. The first-order valence-corrected chi connectivity index (χ1v) is 7.64. The molecule has 0 spiro atoms. The molecule has 0 radical (unpaired) electrons. The average molecular weight is 294 g/mol. The summed E-state index contributed by atoms with van der Waals surface area (Å²) in [6, 6.07) is 8.55. The highest BCUT2D eigenvalue weighted by Gasteiger charge is 2.19. The molecule has 1 aliphatic heterocycles. The molecular formula is C16H26N2O3. The van der Waals surface area contributed by atoms with E-state index >= 15 is 0 Å². The van der Waals surface area contributed by atoms with E-state index in [1.54, 1.807) is 7.11 Å². The number of benzene rings is 1. The molecule has 0 atom stereocenters. The normalized spacial score (nSPS) is 16.9. The summed E-state index contributed by atoms with van der Waals surface area (Å²) in [5.41, 5.74) is 1.07. The smallest absolute Gasteiger partial charge is 0.141 e. The van der Waals surface area contributed by atoms with E-state index < -0.39 is 0 Å². The zero-order valence-corrected chi connectivity index (χ0v) is 12.8. The molecule has 1 saturated heterocycles. The highest BCUT2D eigenvalue weighted by molar-refractivity contribution is 5.56. The summed E-state index contributed by atoms with van der Waals surface area (Å²) in [6.07, 6.45) is 2.25. The van der Waals surface area contributed by atoms with E-state index in [0.717, 1.165) is 43.9 Å². The number of hydrogen-bond donors (Lipinski definition) is 2. The van der Waals surface area contributed by atoms with Crippen molar-refractivity contribution in [3.8, 4) is 5.75 Å². The van der Waals surface area contributed by atoms with E-state index in [4.69, 9.17) is 14.6 Å². The summed E-state index contributed by atoms with van der Waals surface area (Å²) in [6.45, 7) is 4.34. The van der Waals surface area contributed by atoms with Gasteiger partial charge in [0.05, 0.1) is 32.6 Å². The van der Waals surface area contributed by atoms with Crippen LogP contribution < -0.4 is 10.1 Å². The number of piperidine rings is 1. The Balaban J connectivity index is 1.71. The van der Waals surface area contributed by atoms with E-state index in [-0.39, 0.29) is 6.61 Å². The third kappa shape index (κ3) is 5.19. The van der Waals surface area contributed by atoms with Gasteiger partial charge in [-0.1, -0.05) is 12.1 Å². The summed E-state index contributed by atoms with van der Waals surface area (Å²) in [4.78, 5) is 2.41. The first-order chi connectivity index (χ1) is 10.3. The van der Waals surface area contributed by atoms with Gasteiger partial charge in [0.2, 0.25) is 0 Å². The van der Waals surface area contributed by atoms with Crippen LogP contribution >= 0.6 is 0 Å². The molecule has 2 N–H and O–H groups in total. The third-order valence-corrected chi connectivity index (χ3v) is 3.84. The molecule has 2 rings (SSSR count). The van der Waals surface area contributed by atoms with E-state index in [9.17, 15) is 0 Å². The minimum Gasteiger partial charge on any atom is -0.495 e. The minimum absolute atomic E-state index is 0.102. The van der Waals surface area contributed by atoms with Gasteiger partial charge in [-0.2, -0.15) is 0 Å². The maximum Gasteiger partial charge on any atom is 0.141 e. The quantitative estimate of drug-likeness (QED) is 0.713. The van der Waals surface area contributed by atoms with Crippen molar-refractivity contribution in [3.05, 3.63) is 24.3 Å². The van der Waals surface area contributed by atoms with Crippen LogP contribution in [0.4, 0.5) is 5.69 Å². The van der Waals surface area contributed by atoms with Gasteiger partial charge in [0, 0.05) is 25.7 Å². The molecule has 1 aromatic carbocycles. The van der Waals surface area contributed by atoms with Crippen LogP contribution in [0.25, 0.3) is 0 Å². The Hall–Kier alpha value is -1.30. The van der Waals surface area contributed by atoms with Gasteiger partial charge < -0.3 is 24.8 Å². The fourth-order valence-corrected chi connectivity index (χ4v) is 2.64. The lowest BCUT2D eigenvalue weighted by Gasteiger charge is -2.33. The van der Waals surface area contributed by atoms with Crippen LogP contribution in [-0.4, -0.2) is 62.6 Å². The molecule has 0 bridgehead atoms. The summed E-state index contributed by atoms with van der Waals surface area (Å²) < 4.78 is 10.7. The van der Waals surface area contributed by atoms with Crippen LogP contribution in [0.15, 0.2) is 24.3 Å². The lowest BCUT2D eigenvalue weighted by Crippen LogP contribution is -2.40. The van der Waals surface area contributed by atoms with Crippen molar-refractivity contribution in [1.29, 1.82) is 0 Å². The zero-order valence-electron chi connectivity index (χ0n) is 12.8. The number of nitrogens with zero attached hydrogens (tertiary/aromatic N) is 1. The summed E-state index contributed by atoms with van der Waals surface area (Å²) >= 11 is 0. The Morgan fingerprint density at radius 3 is 2.71 bits per heavy atom. The first-order valence-electron chi connectivity index (χ1n) is 7.64. The van der Waals surface area contributed by atoms with Crippen LogP contribution in [0.2, 0.25) is 0 Å². The second-order valence-electron chi connectivity index (χ2n) is 5.30. The molecule has 118 valence electrons. The largest absolute Gasteiger partial charge is 0.495 e. The van der Waals surface area contributed by atoms with Crippen LogP contribution in [0.5, 0.6) is 5.75 Å². The van der Waals surface area contributed by atoms with Crippen molar-refractivity contribution in [2.45, 2.75) is 18.9 Å². The maximum atomic E-state index is 8.66. The van der Waals surface area contributed by atoms with Gasteiger partial charge in [0.25, 0.3) is 0 Å². The van der Waals surface area contributed by atoms with Crippen molar-refractivity contribution in [3.63, 3.8) is 0 Å². The number of hydrogen-bond acceptors (Lipinski definition) is 5. The number of rotatable bonds is 8. The summed E-state index contributed by atoms with van der Waals surface area (Å²) in [5.74, 6) is 0.900. The van der Waals surface area contributed by atoms with Gasteiger partial charge in [-0.15, -0.1) is 0 Å².